The van der Waals surface area contributed by atoms with Crippen LogP contribution in [0.3, 0.4) is 0 Å². The fourth-order valence-corrected chi connectivity index (χ4v) is 3.77. The largest absolute Gasteiger partial charge is 0.459 e. The van der Waals surface area contributed by atoms with Gasteiger partial charge in [-0.3, -0.25) is 4.79 Å². The minimum absolute atomic E-state index is 0.158. The monoisotopic (exact) mass is 332 g/mol. The number of hydrogen-bond donors (Lipinski definition) is 1. The number of aryl methyl sites for hydroxylation is 2. The van der Waals surface area contributed by atoms with E-state index in [0.717, 1.165) is 22.7 Å². The lowest BCUT2D eigenvalue weighted by atomic mass is 10.2. The third kappa shape index (κ3) is 3.28. The molecule has 0 spiro atoms. The highest BCUT2D eigenvalue weighted by atomic mass is 32.1. The molecular formula is C16H16N2O2S2. The predicted octanol–water partition coefficient (Wildman–Crippen LogP) is 4.05. The van der Waals surface area contributed by atoms with Crippen molar-refractivity contribution in [1.82, 2.24) is 10.3 Å². The Bertz CT molecular complexity index is 786. The number of rotatable bonds is 5. The molecule has 3 aromatic rings. The quantitative estimate of drug-likeness (QED) is 0.767. The maximum Gasteiger partial charge on any atom is 0.287 e. The van der Waals surface area contributed by atoms with Crippen molar-refractivity contribution in [2.45, 2.75) is 20.3 Å². The van der Waals surface area contributed by atoms with Crippen LogP contribution in [0.5, 0.6) is 0 Å². The number of furan rings is 1. The Kier molecular flexibility index (Phi) is 4.40. The van der Waals surface area contributed by atoms with Crippen LogP contribution in [0.4, 0.5) is 0 Å². The fraction of sp³-hybridized carbons (Fsp3) is 0.250. The van der Waals surface area contributed by atoms with E-state index in [4.69, 9.17) is 4.42 Å². The van der Waals surface area contributed by atoms with Crippen LogP contribution in [0.1, 0.15) is 26.0 Å². The summed E-state index contributed by atoms with van der Waals surface area (Å²) >= 11 is 3.38. The van der Waals surface area contributed by atoms with E-state index in [1.54, 1.807) is 28.7 Å². The molecule has 0 saturated heterocycles. The molecule has 3 heterocycles. The van der Waals surface area contributed by atoms with Crippen LogP contribution in [0.2, 0.25) is 0 Å². The fourth-order valence-electron chi connectivity index (χ4n) is 2.11. The predicted molar refractivity (Wildman–Crippen MR) is 89.6 cm³/mol. The van der Waals surface area contributed by atoms with Gasteiger partial charge >= 0.3 is 0 Å². The number of aromatic nitrogens is 1. The van der Waals surface area contributed by atoms with Gasteiger partial charge < -0.3 is 9.73 Å². The number of thiophene rings is 1. The van der Waals surface area contributed by atoms with Crippen LogP contribution < -0.4 is 5.32 Å². The molecular weight excluding hydrogens is 316 g/mol. The Morgan fingerprint density at radius 3 is 2.86 bits per heavy atom. The molecule has 3 rings (SSSR count). The number of nitrogens with one attached hydrogen (secondary N) is 1. The van der Waals surface area contributed by atoms with Gasteiger partial charge in [-0.15, -0.1) is 22.7 Å². The van der Waals surface area contributed by atoms with Crippen molar-refractivity contribution >= 4 is 28.6 Å². The summed E-state index contributed by atoms with van der Waals surface area (Å²) in [6, 6.07) is 5.97. The van der Waals surface area contributed by atoms with Gasteiger partial charge in [0.15, 0.2) is 5.76 Å². The first-order valence-electron chi connectivity index (χ1n) is 6.97. The zero-order chi connectivity index (χ0) is 15.5. The second-order valence-corrected chi connectivity index (χ2v) is 7.19. The highest BCUT2D eigenvalue weighted by Gasteiger charge is 2.12. The van der Waals surface area contributed by atoms with Gasteiger partial charge in [0, 0.05) is 22.4 Å². The normalized spacial score (nSPS) is 10.8. The molecule has 0 aromatic carbocycles. The van der Waals surface area contributed by atoms with Gasteiger partial charge in [-0.05, 0) is 38.5 Å². The van der Waals surface area contributed by atoms with E-state index in [2.05, 4.69) is 27.8 Å². The number of thiazole rings is 1. The smallest absolute Gasteiger partial charge is 0.287 e. The highest BCUT2D eigenvalue weighted by Crippen LogP contribution is 2.29. The standard InChI is InChI=1S/C16H16N2O2S2/c1-10-6-8-20-15(10)16(19)17-7-5-12-3-4-14(22-12)13-9-21-11(2)18-13/h3-4,6,8-9H,5,7H2,1-2H3,(H,17,19). The zero-order valence-corrected chi connectivity index (χ0v) is 14.0. The molecule has 0 unspecified atom stereocenters. The zero-order valence-electron chi connectivity index (χ0n) is 12.4. The molecule has 4 nitrogen and oxygen atoms in total. The Balaban J connectivity index is 1.55. The van der Waals surface area contributed by atoms with Crippen molar-refractivity contribution in [2.24, 2.45) is 0 Å². The van der Waals surface area contributed by atoms with Crippen LogP contribution in [0.15, 0.2) is 34.3 Å². The van der Waals surface area contributed by atoms with Crippen molar-refractivity contribution in [3.8, 4) is 10.6 Å². The molecule has 0 aliphatic heterocycles. The highest BCUT2D eigenvalue weighted by molar-refractivity contribution is 7.16. The molecule has 0 fully saturated rings. The first kappa shape index (κ1) is 15.0. The van der Waals surface area contributed by atoms with E-state index in [1.807, 2.05) is 13.8 Å². The Morgan fingerprint density at radius 2 is 2.18 bits per heavy atom. The van der Waals surface area contributed by atoms with Crippen LogP contribution >= 0.6 is 22.7 Å². The molecule has 114 valence electrons. The van der Waals surface area contributed by atoms with E-state index < -0.39 is 0 Å². The molecule has 1 N–H and O–H groups in total. The van der Waals surface area contributed by atoms with Crippen LogP contribution in [0, 0.1) is 13.8 Å². The molecule has 1 amide bonds. The summed E-state index contributed by atoms with van der Waals surface area (Å²) in [5.74, 6) is 0.235. The topological polar surface area (TPSA) is 55.1 Å². The molecule has 0 aliphatic carbocycles. The summed E-state index contributed by atoms with van der Waals surface area (Å²) in [6.45, 7) is 4.46. The summed E-state index contributed by atoms with van der Waals surface area (Å²) in [5, 5.41) is 6.04. The molecule has 22 heavy (non-hydrogen) atoms. The van der Waals surface area contributed by atoms with Crippen molar-refractivity contribution in [3.05, 3.63) is 51.1 Å². The Morgan fingerprint density at radius 1 is 1.32 bits per heavy atom. The molecule has 0 atom stereocenters. The second-order valence-electron chi connectivity index (χ2n) is 4.96. The molecule has 6 heteroatoms. The lowest BCUT2D eigenvalue weighted by Crippen LogP contribution is -2.25. The molecule has 0 saturated carbocycles. The van der Waals surface area contributed by atoms with Crippen LogP contribution in [-0.2, 0) is 6.42 Å². The number of hydrogen-bond acceptors (Lipinski definition) is 5. The lowest BCUT2D eigenvalue weighted by molar-refractivity contribution is 0.0925. The van der Waals surface area contributed by atoms with Gasteiger partial charge in [0.25, 0.3) is 5.91 Å². The van der Waals surface area contributed by atoms with E-state index >= 15 is 0 Å². The van der Waals surface area contributed by atoms with Gasteiger partial charge in [0.2, 0.25) is 0 Å². The molecule has 0 radical (unpaired) electrons. The second kappa shape index (κ2) is 6.46. The van der Waals surface area contributed by atoms with Crippen molar-refractivity contribution in [2.75, 3.05) is 6.54 Å². The summed E-state index contributed by atoms with van der Waals surface area (Å²) in [6.07, 6.45) is 2.34. The molecule has 0 aliphatic rings. The van der Waals surface area contributed by atoms with Crippen molar-refractivity contribution in [1.29, 1.82) is 0 Å². The van der Waals surface area contributed by atoms with Gasteiger partial charge in [0.05, 0.1) is 21.8 Å². The van der Waals surface area contributed by atoms with E-state index in [9.17, 15) is 4.79 Å². The third-order valence-electron chi connectivity index (χ3n) is 3.26. The van der Waals surface area contributed by atoms with E-state index in [1.165, 1.54) is 16.0 Å². The summed E-state index contributed by atoms with van der Waals surface area (Å²) in [7, 11) is 0. The summed E-state index contributed by atoms with van der Waals surface area (Å²) in [4.78, 5) is 18.8. The van der Waals surface area contributed by atoms with Gasteiger partial charge in [-0.1, -0.05) is 0 Å². The summed E-state index contributed by atoms with van der Waals surface area (Å²) in [5.41, 5.74) is 1.89. The third-order valence-corrected chi connectivity index (χ3v) is 5.20. The number of nitrogens with zero attached hydrogens (tertiary/aromatic N) is 1. The first-order valence-corrected chi connectivity index (χ1v) is 8.66. The maximum atomic E-state index is 11.9. The minimum Gasteiger partial charge on any atom is -0.459 e. The van der Waals surface area contributed by atoms with Crippen molar-refractivity contribution < 1.29 is 9.21 Å². The Labute approximate surface area is 136 Å². The van der Waals surface area contributed by atoms with Crippen LogP contribution in [0.25, 0.3) is 10.6 Å². The number of carbonyl (C=O) groups excluding carboxylic acids is 1. The van der Waals surface area contributed by atoms with Crippen LogP contribution in [-0.4, -0.2) is 17.4 Å². The SMILES string of the molecule is Cc1nc(-c2ccc(CCNC(=O)c3occc3C)s2)cs1. The Hall–Kier alpha value is -1.92. The minimum atomic E-state index is -0.158. The maximum absolute atomic E-state index is 11.9. The van der Waals surface area contributed by atoms with Gasteiger partial charge in [-0.25, -0.2) is 4.98 Å². The van der Waals surface area contributed by atoms with Gasteiger partial charge in [0.1, 0.15) is 0 Å². The van der Waals surface area contributed by atoms with Crippen molar-refractivity contribution in [3.63, 3.8) is 0 Å². The number of carbonyl (C=O) groups is 1. The van der Waals surface area contributed by atoms with E-state index in [0.29, 0.717) is 12.3 Å². The van der Waals surface area contributed by atoms with Gasteiger partial charge in [-0.2, -0.15) is 0 Å². The molecule has 0 bridgehead atoms. The first-order chi connectivity index (χ1) is 10.6. The van der Waals surface area contributed by atoms with E-state index in [-0.39, 0.29) is 5.91 Å². The number of amides is 1. The average Bonchev–Trinajstić information content (AvgIpc) is 3.19. The lowest BCUT2D eigenvalue weighted by Gasteiger charge is -2.02. The summed E-state index contributed by atoms with van der Waals surface area (Å²) < 4.78 is 5.18. The average molecular weight is 332 g/mol. The molecule has 3 aromatic heterocycles.